The molecule has 12 rings (SSSR count). The molecule has 286 valence electrons. The average Bonchev–Trinajstić information content (AvgIpc) is 3.95. The van der Waals surface area contributed by atoms with Gasteiger partial charge in [-0.25, -0.2) is 0 Å². The van der Waals surface area contributed by atoms with Crippen molar-refractivity contribution in [1.29, 1.82) is 0 Å². The largest absolute Gasteiger partial charge is 0.456 e. The summed E-state index contributed by atoms with van der Waals surface area (Å²) in [5.41, 5.74) is 14.8. The van der Waals surface area contributed by atoms with Crippen LogP contribution in [0.1, 0.15) is 48.6 Å². The van der Waals surface area contributed by atoms with Crippen LogP contribution in [-0.4, -0.2) is 0 Å². The van der Waals surface area contributed by atoms with Gasteiger partial charge < -0.3 is 13.7 Å². The van der Waals surface area contributed by atoms with Crippen LogP contribution in [0.2, 0.25) is 0 Å². The van der Waals surface area contributed by atoms with Gasteiger partial charge in [-0.15, -0.1) is 0 Å². The summed E-state index contributed by atoms with van der Waals surface area (Å²) in [6.07, 6.45) is 0. The minimum Gasteiger partial charge on any atom is -0.456 e. The van der Waals surface area contributed by atoms with Gasteiger partial charge >= 0.3 is 0 Å². The third kappa shape index (κ3) is 4.90. The van der Waals surface area contributed by atoms with E-state index in [-0.39, 0.29) is 5.41 Å². The van der Waals surface area contributed by atoms with Crippen LogP contribution >= 0.6 is 0 Å². The molecule has 0 amide bonds. The quantitative estimate of drug-likeness (QED) is 0.175. The number of hydrogen-bond acceptors (Lipinski definition) is 3. The van der Waals surface area contributed by atoms with E-state index >= 15 is 0 Å². The molecule has 0 saturated carbocycles. The zero-order valence-corrected chi connectivity index (χ0v) is 33.7. The molecular formula is C57H41NO2. The SMILES string of the molecule is CC(C)(C)c1cccc2oc3c4ccccc4c(N(c4ccc5c(c4)C(c4ccccc4)(c4ccccc4)c4ccccc4-5)c4ccc5c(c4)oc4ccccc45)cc3c12. The van der Waals surface area contributed by atoms with Crippen LogP contribution in [0.5, 0.6) is 0 Å². The molecule has 11 aromatic rings. The Hall–Kier alpha value is -7.36. The molecular weight excluding hydrogens is 731 g/mol. The minimum absolute atomic E-state index is 0.0959. The van der Waals surface area contributed by atoms with E-state index in [1.165, 1.54) is 38.9 Å². The molecule has 3 heteroatoms. The number of benzene rings is 9. The van der Waals surface area contributed by atoms with E-state index < -0.39 is 5.41 Å². The van der Waals surface area contributed by atoms with Crippen molar-refractivity contribution in [2.24, 2.45) is 0 Å². The van der Waals surface area contributed by atoms with Gasteiger partial charge in [0.2, 0.25) is 0 Å². The topological polar surface area (TPSA) is 29.5 Å². The molecule has 0 spiro atoms. The fraction of sp³-hybridized carbons (Fsp3) is 0.0877. The average molecular weight is 772 g/mol. The molecule has 9 aromatic carbocycles. The van der Waals surface area contributed by atoms with Crippen LogP contribution in [0.25, 0.3) is 65.8 Å². The molecule has 0 aliphatic heterocycles. The summed E-state index contributed by atoms with van der Waals surface area (Å²) in [7, 11) is 0. The maximum absolute atomic E-state index is 6.83. The summed E-state index contributed by atoms with van der Waals surface area (Å²) in [6.45, 7) is 6.85. The molecule has 0 atom stereocenters. The first-order valence-electron chi connectivity index (χ1n) is 20.8. The van der Waals surface area contributed by atoms with Crippen LogP contribution in [0.4, 0.5) is 17.1 Å². The Kier molecular flexibility index (Phi) is 7.40. The van der Waals surface area contributed by atoms with Crippen molar-refractivity contribution in [1.82, 2.24) is 0 Å². The van der Waals surface area contributed by atoms with Gasteiger partial charge in [0.25, 0.3) is 0 Å². The highest BCUT2D eigenvalue weighted by Crippen LogP contribution is 2.58. The molecule has 0 unspecified atom stereocenters. The normalized spacial score (nSPS) is 13.4. The predicted octanol–water partition coefficient (Wildman–Crippen LogP) is 15.8. The predicted molar refractivity (Wildman–Crippen MR) is 249 cm³/mol. The summed E-state index contributed by atoms with van der Waals surface area (Å²) >= 11 is 0. The Morgan fingerprint density at radius 2 is 1.02 bits per heavy atom. The fourth-order valence-corrected chi connectivity index (χ4v) is 10.3. The van der Waals surface area contributed by atoms with Gasteiger partial charge in [-0.05, 0) is 86.8 Å². The standard InChI is InChI=1S/C57H41NO2/c1-56(2,3)48-26-16-28-52-54(48)46-35-50(42-22-10-11-24-45(42)55(46)60-52)58(39-30-32-44-43-23-13-15-27-51(43)59-53(44)34-39)38-29-31-41-40-21-12-14-25-47(40)57(49(41)33-38,36-17-6-4-7-18-36)37-19-8-5-9-20-37/h4-35H,1-3H3. The van der Waals surface area contributed by atoms with Crippen molar-refractivity contribution in [3.8, 4) is 11.1 Å². The second-order valence-corrected chi connectivity index (χ2v) is 17.2. The summed E-state index contributed by atoms with van der Waals surface area (Å²) < 4.78 is 13.4. The first-order valence-corrected chi connectivity index (χ1v) is 20.8. The number of fused-ring (bicyclic) bond motifs is 11. The highest BCUT2D eigenvalue weighted by Gasteiger charge is 2.46. The molecule has 1 aliphatic carbocycles. The lowest BCUT2D eigenvalue weighted by Crippen LogP contribution is -2.28. The smallest absolute Gasteiger partial charge is 0.143 e. The van der Waals surface area contributed by atoms with Crippen LogP contribution in [0.15, 0.2) is 203 Å². The third-order valence-electron chi connectivity index (χ3n) is 12.9. The van der Waals surface area contributed by atoms with E-state index in [4.69, 9.17) is 8.83 Å². The van der Waals surface area contributed by atoms with Gasteiger partial charge in [-0.3, -0.25) is 0 Å². The van der Waals surface area contributed by atoms with Crippen molar-refractivity contribution in [3.05, 3.63) is 222 Å². The molecule has 60 heavy (non-hydrogen) atoms. The number of anilines is 3. The van der Waals surface area contributed by atoms with E-state index in [9.17, 15) is 0 Å². The van der Waals surface area contributed by atoms with Crippen molar-refractivity contribution >= 4 is 71.7 Å². The van der Waals surface area contributed by atoms with E-state index in [0.29, 0.717) is 0 Å². The van der Waals surface area contributed by atoms with Crippen molar-refractivity contribution in [2.45, 2.75) is 31.6 Å². The van der Waals surface area contributed by atoms with Crippen LogP contribution in [0, 0.1) is 0 Å². The fourth-order valence-electron chi connectivity index (χ4n) is 10.3. The second-order valence-electron chi connectivity index (χ2n) is 17.2. The molecule has 1 aliphatic rings. The summed E-state index contributed by atoms with van der Waals surface area (Å²) in [5, 5.41) is 6.66. The first-order chi connectivity index (χ1) is 29.4. The Morgan fingerprint density at radius 1 is 0.417 bits per heavy atom. The lowest BCUT2D eigenvalue weighted by Gasteiger charge is -2.35. The second kappa shape index (κ2) is 12.8. The zero-order chi connectivity index (χ0) is 40.2. The van der Waals surface area contributed by atoms with E-state index in [0.717, 1.165) is 71.7 Å². The summed E-state index contributed by atoms with van der Waals surface area (Å²) in [6, 6.07) is 70.6. The molecule has 3 nitrogen and oxygen atoms in total. The molecule has 0 radical (unpaired) electrons. The number of furan rings is 2. The Morgan fingerprint density at radius 3 is 1.78 bits per heavy atom. The van der Waals surface area contributed by atoms with Crippen molar-refractivity contribution in [2.75, 3.05) is 4.90 Å². The molecule has 0 bridgehead atoms. The van der Waals surface area contributed by atoms with Gasteiger partial charge in [0.05, 0.1) is 11.1 Å². The van der Waals surface area contributed by atoms with Crippen molar-refractivity contribution in [3.63, 3.8) is 0 Å². The Bertz CT molecular complexity index is 3440. The Balaban J connectivity index is 1.20. The first kappa shape index (κ1) is 34.7. The van der Waals surface area contributed by atoms with Crippen LogP contribution < -0.4 is 4.90 Å². The highest BCUT2D eigenvalue weighted by atomic mass is 16.3. The van der Waals surface area contributed by atoms with E-state index in [2.05, 4.69) is 214 Å². The number of para-hydroxylation sites is 1. The van der Waals surface area contributed by atoms with Crippen LogP contribution in [-0.2, 0) is 10.8 Å². The summed E-state index contributed by atoms with van der Waals surface area (Å²) in [4.78, 5) is 2.44. The number of nitrogens with zero attached hydrogens (tertiary/aromatic N) is 1. The molecule has 2 heterocycles. The van der Waals surface area contributed by atoms with Crippen molar-refractivity contribution < 1.29 is 8.83 Å². The number of hydrogen-bond donors (Lipinski definition) is 0. The lowest BCUT2D eigenvalue weighted by molar-refractivity contribution is 0.594. The minimum atomic E-state index is -0.548. The monoisotopic (exact) mass is 771 g/mol. The van der Waals surface area contributed by atoms with Gasteiger partial charge in [-0.2, -0.15) is 0 Å². The lowest BCUT2D eigenvalue weighted by atomic mass is 9.67. The van der Waals surface area contributed by atoms with Gasteiger partial charge in [-0.1, -0.05) is 166 Å². The maximum atomic E-state index is 6.83. The molecule has 2 aromatic heterocycles. The van der Waals surface area contributed by atoms with E-state index in [1.54, 1.807) is 0 Å². The van der Waals surface area contributed by atoms with Gasteiger partial charge in [0.15, 0.2) is 0 Å². The molecule has 0 fully saturated rings. The van der Waals surface area contributed by atoms with Crippen LogP contribution in [0.3, 0.4) is 0 Å². The highest BCUT2D eigenvalue weighted by molar-refractivity contribution is 6.20. The summed E-state index contributed by atoms with van der Waals surface area (Å²) in [5.74, 6) is 0. The maximum Gasteiger partial charge on any atom is 0.143 e. The van der Waals surface area contributed by atoms with Gasteiger partial charge in [0.1, 0.15) is 22.3 Å². The molecule has 0 saturated heterocycles. The zero-order valence-electron chi connectivity index (χ0n) is 33.7. The van der Waals surface area contributed by atoms with E-state index in [1.807, 2.05) is 6.07 Å². The molecule has 0 N–H and O–H groups in total. The Labute approximate surface area is 348 Å². The third-order valence-corrected chi connectivity index (χ3v) is 12.9. The van der Waals surface area contributed by atoms with Gasteiger partial charge in [0, 0.05) is 49.8 Å². The number of rotatable bonds is 5.